The lowest BCUT2D eigenvalue weighted by molar-refractivity contribution is 0.0598. The number of allylic oxidation sites excluding steroid dienone is 1. The Labute approximate surface area is 161 Å². The molecule has 7 heteroatoms. The average molecular weight is 383 g/mol. The van der Waals surface area contributed by atoms with Gasteiger partial charge in [-0.15, -0.1) is 11.8 Å². The number of benzene rings is 2. The molecule has 0 aromatic heterocycles. The van der Waals surface area contributed by atoms with Crippen LogP contribution in [0.15, 0.2) is 47.4 Å². The van der Waals surface area contributed by atoms with E-state index in [0.29, 0.717) is 39.2 Å². The Hall–Kier alpha value is -3.11. The maximum Gasteiger partial charge on any atom is 0.341 e. The molecule has 0 radical (unpaired) electrons. The maximum atomic E-state index is 12.0. The predicted octanol–water partition coefficient (Wildman–Crippen LogP) is 4.23. The van der Waals surface area contributed by atoms with E-state index in [2.05, 4.69) is 6.07 Å². The Bertz CT molecular complexity index is 932. The molecule has 6 nitrogen and oxygen atoms in total. The summed E-state index contributed by atoms with van der Waals surface area (Å²) in [5.74, 6) is 2.04. The van der Waals surface area contributed by atoms with Gasteiger partial charge in [-0.3, -0.25) is 0 Å². The van der Waals surface area contributed by atoms with E-state index in [9.17, 15) is 10.1 Å². The maximum absolute atomic E-state index is 12.0. The highest BCUT2D eigenvalue weighted by Crippen LogP contribution is 2.37. The fourth-order valence-corrected chi connectivity index (χ4v) is 3.16. The lowest BCUT2D eigenvalue weighted by atomic mass is 10.1. The highest BCUT2D eigenvalue weighted by atomic mass is 32.2. The van der Waals surface area contributed by atoms with Crippen LogP contribution in [-0.2, 0) is 4.74 Å². The number of thioether (sulfide) groups is 1. The smallest absolute Gasteiger partial charge is 0.341 e. The topological polar surface area (TPSA) is 77.8 Å². The molecule has 0 saturated heterocycles. The highest BCUT2D eigenvalue weighted by Gasteiger charge is 2.21. The van der Waals surface area contributed by atoms with Gasteiger partial charge in [0.1, 0.15) is 22.3 Å². The number of rotatable bonds is 6. The number of ether oxygens (including phenoxy) is 4. The summed E-state index contributed by atoms with van der Waals surface area (Å²) in [7, 11) is 1.31. The first-order valence-electron chi connectivity index (χ1n) is 8.20. The summed E-state index contributed by atoms with van der Waals surface area (Å²) in [5.41, 5.74) is 0.924. The van der Waals surface area contributed by atoms with Crippen molar-refractivity contribution in [2.75, 3.05) is 19.7 Å². The van der Waals surface area contributed by atoms with E-state index in [0.717, 1.165) is 0 Å². The van der Waals surface area contributed by atoms with Crippen LogP contribution in [0.25, 0.3) is 5.76 Å². The minimum Gasteiger partial charge on any atom is -0.465 e. The van der Waals surface area contributed by atoms with Crippen molar-refractivity contribution in [3.8, 4) is 23.3 Å². The molecule has 0 unspecified atom stereocenters. The van der Waals surface area contributed by atoms with Crippen LogP contribution in [0.3, 0.4) is 0 Å². The molecule has 3 rings (SSSR count). The van der Waals surface area contributed by atoms with Gasteiger partial charge in [-0.05, 0) is 36.1 Å². The molecule has 2 aromatic carbocycles. The molecule has 0 fully saturated rings. The van der Waals surface area contributed by atoms with Gasteiger partial charge in [-0.1, -0.05) is 19.1 Å². The molecule has 0 aliphatic carbocycles. The van der Waals surface area contributed by atoms with Crippen LogP contribution in [0.4, 0.5) is 0 Å². The van der Waals surface area contributed by atoms with Crippen LogP contribution in [-0.4, -0.2) is 25.6 Å². The van der Waals surface area contributed by atoms with Gasteiger partial charge in [0, 0.05) is 5.56 Å². The van der Waals surface area contributed by atoms with Crippen molar-refractivity contribution in [1.82, 2.24) is 0 Å². The highest BCUT2D eigenvalue weighted by molar-refractivity contribution is 8.03. The number of hydrogen-bond acceptors (Lipinski definition) is 7. The summed E-state index contributed by atoms with van der Waals surface area (Å²) in [5, 5.41) is 9.63. The Morgan fingerprint density at radius 2 is 2.00 bits per heavy atom. The summed E-state index contributed by atoms with van der Waals surface area (Å²) in [6.45, 7) is 2.10. The molecule has 0 bridgehead atoms. The third-order valence-corrected chi connectivity index (χ3v) is 4.59. The molecular weight excluding hydrogens is 366 g/mol. The van der Waals surface area contributed by atoms with E-state index in [1.54, 1.807) is 42.5 Å². The number of esters is 1. The van der Waals surface area contributed by atoms with Crippen molar-refractivity contribution >= 4 is 23.5 Å². The molecule has 1 aliphatic rings. The van der Waals surface area contributed by atoms with Crippen LogP contribution < -0.4 is 14.2 Å². The van der Waals surface area contributed by atoms with E-state index in [1.807, 2.05) is 6.92 Å². The number of carbonyl (C=O) groups excluding carboxylic acids is 1. The molecule has 27 heavy (non-hydrogen) atoms. The number of nitriles is 1. The molecule has 1 aliphatic heterocycles. The standard InChI is InChI=1S/C20H17NO5S/c1-3-27-18(11-21)19(13-8-9-16-17(10-13)25-12-24-16)26-15-7-5-4-6-14(15)20(22)23-2/h4-10H,3,12H2,1-2H3/b19-18+. The number of hydrogen-bond donors (Lipinski definition) is 0. The fraction of sp³-hybridized carbons (Fsp3) is 0.200. The van der Waals surface area contributed by atoms with Crippen molar-refractivity contribution < 1.29 is 23.7 Å². The summed E-state index contributed by atoms with van der Waals surface area (Å²) in [4.78, 5) is 12.4. The second-order valence-electron chi connectivity index (χ2n) is 5.36. The third kappa shape index (κ3) is 4.01. The summed E-state index contributed by atoms with van der Waals surface area (Å²) in [6.07, 6.45) is 0. The monoisotopic (exact) mass is 383 g/mol. The van der Waals surface area contributed by atoms with Gasteiger partial charge >= 0.3 is 5.97 Å². The Balaban J connectivity index is 2.08. The van der Waals surface area contributed by atoms with Crippen molar-refractivity contribution in [2.45, 2.75) is 6.92 Å². The number of para-hydroxylation sites is 1. The van der Waals surface area contributed by atoms with Gasteiger partial charge in [0.15, 0.2) is 17.3 Å². The zero-order valence-electron chi connectivity index (χ0n) is 14.9. The summed E-state index contributed by atoms with van der Waals surface area (Å²) < 4.78 is 21.6. The molecule has 0 saturated carbocycles. The van der Waals surface area contributed by atoms with Gasteiger partial charge in [-0.2, -0.15) is 5.26 Å². The van der Waals surface area contributed by atoms with Crippen LogP contribution in [0.1, 0.15) is 22.8 Å². The van der Waals surface area contributed by atoms with E-state index < -0.39 is 5.97 Å². The molecule has 0 spiro atoms. The van der Waals surface area contributed by atoms with E-state index in [1.165, 1.54) is 18.9 Å². The minimum absolute atomic E-state index is 0.151. The van der Waals surface area contributed by atoms with Gasteiger partial charge in [0.25, 0.3) is 0 Å². The van der Waals surface area contributed by atoms with Gasteiger partial charge in [0.2, 0.25) is 6.79 Å². The van der Waals surface area contributed by atoms with Crippen molar-refractivity contribution in [2.24, 2.45) is 0 Å². The van der Waals surface area contributed by atoms with Crippen LogP contribution in [0.5, 0.6) is 17.2 Å². The Kier molecular flexibility index (Phi) is 5.89. The molecular formula is C20H17NO5S. The van der Waals surface area contributed by atoms with E-state index in [-0.39, 0.29) is 12.4 Å². The normalized spacial score (nSPS) is 12.8. The Morgan fingerprint density at radius 1 is 1.22 bits per heavy atom. The molecule has 2 aromatic rings. The first-order chi connectivity index (χ1) is 13.2. The van der Waals surface area contributed by atoms with Gasteiger partial charge < -0.3 is 18.9 Å². The quantitative estimate of drug-likeness (QED) is 0.420. The summed E-state index contributed by atoms with van der Waals surface area (Å²) in [6, 6.07) is 14.2. The van der Waals surface area contributed by atoms with Crippen LogP contribution >= 0.6 is 11.8 Å². The van der Waals surface area contributed by atoms with E-state index in [4.69, 9.17) is 18.9 Å². The molecule has 0 amide bonds. The Morgan fingerprint density at radius 3 is 2.74 bits per heavy atom. The van der Waals surface area contributed by atoms with Gasteiger partial charge in [-0.25, -0.2) is 4.79 Å². The number of fused-ring (bicyclic) bond motifs is 1. The lowest BCUT2D eigenvalue weighted by Crippen LogP contribution is -2.06. The zero-order valence-corrected chi connectivity index (χ0v) is 15.7. The van der Waals surface area contributed by atoms with Crippen molar-refractivity contribution in [1.29, 1.82) is 5.26 Å². The largest absolute Gasteiger partial charge is 0.465 e. The third-order valence-electron chi connectivity index (χ3n) is 3.74. The second-order valence-corrected chi connectivity index (χ2v) is 6.64. The number of nitrogens with zero attached hydrogens (tertiary/aromatic N) is 1. The molecule has 0 N–H and O–H groups in total. The lowest BCUT2D eigenvalue weighted by Gasteiger charge is -2.15. The minimum atomic E-state index is -0.516. The molecule has 0 atom stereocenters. The zero-order chi connectivity index (χ0) is 19.2. The van der Waals surface area contributed by atoms with Crippen molar-refractivity contribution in [3.63, 3.8) is 0 Å². The second kappa shape index (κ2) is 8.52. The average Bonchev–Trinajstić information content (AvgIpc) is 3.18. The fourth-order valence-electron chi connectivity index (χ4n) is 2.51. The molecule has 1 heterocycles. The first-order valence-corrected chi connectivity index (χ1v) is 9.18. The molecule has 138 valence electrons. The van der Waals surface area contributed by atoms with Crippen molar-refractivity contribution in [3.05, 3.63) is 58.5 Å². The summed E-state index contributed by atoms with van der Waals surface area (Å²) >= 11 is 1.36. The van der Waals surface area contributed by atoms with Crippen LogP contribution in [0, 0.1) is 11.3 Å². The van der Waals surface area contributed by atoms with E-state index >= 15 is 0 Å². The number of methoxy groups -OCH3 is 1. The number of carbonyl (C=O) groups is 1. The van der Waals surface area contributed by atoms with Gasteiger partial charge in [0.05, 0.1) is 7.11 Å². The van der Waals surface area contributed by atoms with Crippen LogP contribution in [0.2, 0.25) is 0 Å². The predicted molar refractivity (Wildman–Crippen MR) is 102 cm³/mol. The first kappa shape index (κ1) is 18.7. The SMILES string of the molecule is CCS/C(C#N)=C(/Oc1ccccc1C(=O)OC)c1ccc2c(c1)OCO2.